The molecule has 0 aliphatic heterocycles. The molecule has 0 bridgehead atoms. The Bertz CT molecular complexity index is 301. The summed E-state index contributed by atoms with van der Waals surface area (Å²) >= 11 is 0. The van der Waals surface area contributed by atoms with Crippen molar-refractivity contribution in [2.45, 2.75) is 71.1 Å². The minimum atomic E-state index is -0.886. The van der Waals surface area contributed by atoms with Gasteiger partial charge in [-0.2, -0.15) is 0 Å². The van der Waals surface area contributed by atoms with Crippen molar-refractivity contribution in [1.29, 1.82) is 0 Å². The van der Waals surface area contributed by atoms with E-state index in [2.05, 4.69) is 19.1 Å². The molecule has 0 unspecified atom stereocenters. The van der Waals surface area contributed by atoms with E-state index in [1.54, 1.807) is 6.08 Å². The first-order valence-corrected chi connectivity index (χ1v) is 7.98. The first-order valence-electron chi connectivity index (χ1n) is 7.98. The molecule has 0 heterocycles. The average Bonchev–Trinajstić information content (AvgIpc) is 2.43. The van der Waals surface area contributed by atoms with Crippen LogP contribution in [0.3, 0.4) is 0 Å². The van der Waals surface area contributed by atoms with Gasteiger partial charge in [0.2, 0.25) is 0 Å². The van der Waals surface area contributed by atoms with E-state index in [-0.39, 0.29) is 0 Å². The Morgan fingerprint density at radius 2 is 1.45 bits per heavy atom. The van der Waals surface area contributed by atoms with Crippen molar-refractivity contribution in [3.05, 3.63) is 36.5 Å². The second-order valence-electron chi connectivity index (χ2n) is 5.10. The van der Waals surface area contributed by atoms with Gasteiger partial charge >= 0.3 is 5.97 Å². The second kappa shape index (κ2) is 15.7. The SMILES string of the molecule is CCCCCCCCCCC=CC=CCC=CC(=O)O. The molecule has 0 radical (unpaired) electrons. The molecule has 0 aromatic heterocycles. The number of hydrogen-bond donors (Lipinski definition) is 1. The molecule has 114 valence electrons. The number of aliphatic carboxylic acids is 1. The first-order chi connectivity index (χ1) is 9.77. The van der Waals surface area contributed by atoms with Gasteiger partial charge in [-0.15, -0.1) is 0 Å². The van der Waals surface area contributed by atoms with Crippen molar-refractivity contribution in [3.63, 3.8) is 0 Å². The van der Waals surface area contributed by atoms with Gasteiger partial charge in [0.1, 0.15) is 0 Å². The predicted molar refractivity (Wildman–Crippen MR) is 86.9 cm³/mol. The highest BCUT2D eigenvalue weighted by molar-refractivity contribution is 5.79. The van der Waals surface area contributed by atoms with Gasteiger partial charge in [0, 0.05) is 6.08 Å². The zero-order valence-electron chi connectivity index (χ0n) is 12.9. The molecule has 0 saturated heterocycles. The number of allylic oxidation sites excluding steroid dienone is 5. The minimum Gasteiger partial charge on any atom is -0.478 e. The smallest absolute Gasteiger partial charge is 0.327 e. The molecule has 2 heteroatoms. The lowest BCUT2D eigenvalue weighted by molar-refractivity contribution is -0.131. The Labute approximate surface area is 124 Å². The van der Waals surface area contributed by atoms with Crippen molar-refractivity contribution in [2.24, 2.45) is 0 Å². The fourth-order valence-electron chi connectivity index (χ4n) is 1.98. The summed E-state index contributed by atoms with van der Waals surface area (Å²) in [6, 6.07) is 0. The Hall–Kier alpha value is -1.31. The molecule has 2 nitrogen and oxygen atoms in total. The maximum Gasteiger partial charge on any atom is 0.327 e. The van der Waals surface area contributed by atoms with Crippen LogP contribution >= 0.6 is 0 Å². The Morgan fingerprint density at radius 1 is 0.850 bits per heavy atom. The highest BCUT2D eigenvalue weighted by atomic mass is 16.4. The number of carboxylic acids is 1. The van der Waals surface area contributed by atoms with Crippen LogP contribution in [-0.4, -0.2) is 11.1 Å². The van der Waals surface area contributed by atoms with Crippen LogP contribution in [0.5, 0.6) is 0 Å². The van der Waals surface area contributed by atoms with Crippen LogP contribution in [0, 0.1) is 0 Å². The summed E-state index contributed by atoms with van der Waals surface area (Å²) in [4.78, 5) is 10.2. The van der Waals surface area contributed by atoms with Crippen molar-refractivity contribution in [3.8, 4) is 0 Å². The number of carbonyl (C=O) groups is 1. The lowest BCUT2D eigenvalue weighted by Gasteiger charge is -1.99. The molecule has 0 rings (SSSR count). The normalized spacial score (nSPS) is 12.1. The average molecular weight is 278 g/mol. The fraction of sp³-hybridized carbons (Fsp3) is 0.611. The van der Waals surface area contributed by atoms with Crippen molar-refractivity contribution in [1.82, 2.24) is 0 Å². The molecule has 0 atom stereocenters. The molecule has 0 amide bonds. The number of carboxylic acid groups (broad SMARTS) is 1. The van der Waals surface area contributed by atoms with E-state index >= 15 is 0 Å². The van der Waals surface area contributed by atoms with Crippen LogP contribution in [0.4, 0.5) is 0 Å². The Balaban J connectivity index is 3.27. The fourth-order valence-corrected chi connectivity index (χ4v) is 1.98. The molecule has 0 aliphatic rings. The molecule has 1 N–H and O–H groups in total. The first kappa shape index (κ1) is 18.7. The molecular formula is C18H30O2. The molecule has 0 fully saturated rings. The third-order valence-electron chi connectivity index (χ3n) is 3.14. The zero-order chi connectivity index (χ0) is 14.9. The van der Waals surface area contributed by atoms with E-state index in [1.165, 1.54) is 57.4 Å². The van der Waals surface area contributed by atoms with Crippen LogP contribution in [0.1, 0.15) is 71.1 Å². The predicted octanol–water partition coefficient (Wildman–Crippen LogP) is 5.66. The zero-order valence-corrected chi connectivity index (χ0v) is 12.9. The number of unbranched alkanes of at least 4 members (excludes halogenated alkanes) is 8. The molecule has 0 saturated carbocycles. The Kier molecular flexibility index (Phi) is 14.7. The summed E-state index contributed by atoms with van der Waals surface area (Å²) < 4.78 is 0. The topological polar surface area (TPSA) is 37.3 Å². The van der Waals surface area contributed by atoms with E-state index in [9.17, 15) is 4.79 Å². The van der Waals surface area contributed by atoms with E-state index < -0.39 is 5.97 Å². The lowest BCUT2D eigenvalue weighted by atomic mass is 10.1. The Morgan fingerprint density at radius 3 is 2.10 bits per heavy atom. The van der Waals surface area contributed by atoms with Crippen molar-refractivity contribution < 1.29 is 9.90 Å². The highest BCUT2D eigenvalue weighted by Crippen LogP contribution is 2.09. The van der Waals surface area contributed by atoms with Crippen LogP contribution in [0.25, 0.3) is 0 Å². The summed E-state index contributed by atoms with van der Waals surface area (Å²) in [5.41, 5.74) is 0. The standard InChI is InChI=1S/C18H30O2/c1-2-3-4-5-6-7-8-9-10-11-12-13-14-15-16-17-18(19)20/h11-14,16-17H,2-10,15H2,1H3,(H,19,20). The summed E-state index contributed by atoms with van der Waals surface area (Å²) in [5, 5.41) is 8.39. The van der Waals surface area contributed by atoms with Crippen LogP contribution in [0.2, 0.25) is 0 Å². The molecule has 20 heavy (non-hydrogen) atoms. The van der Waals surface area contributed by atoms with Gasteiger partial charge in [0.05, 0.1) is 0 Å². The summed E-state index contributed by atoms with van der Waals surface area (Å²) in [7, 11) is 0. The molecule has 0 aromatic rings. The number of rotatable bonds is 13. The lowest BCUT2D eigenvalue weighted by Crippen LogP contribution is -1.84. The van der Waals surface area contributed by atoms with Crippen LogP contribution < -0.4 is 0 Å². The van der Waals surface area contributed by atoms with E-state index in [0.29, 0.717) is 6.42 Å². The third kappa shape index (κ3) is 16.7. The summed E-state index contributed by atoms with van der Waals surface area (Å²) in [6.45, 7) is 2.25. The molecule has 0 aliphatic carbocycles. The van der Waals surface area contributed by atoms with Gasteiger partial charge in [-0.05, 0) is 19.3 Å². The van der Waals surface area contributed by atoms with Crippen LogP contribution in [0.15, 0.2) is 36.5 Å². The van der Waals surface area contributed by atoms with Gasteiger partial charge in [0.25, 0.3) is 0 Å². The monoisotopic (exact) mass is 278 g/mol. The van der Waals surface area contributed by atoms with Gasteiger partial charge in [-0.25, -0.2) is 4.79 Å². The van der Waals surface area contributed by atoms with Gasteiger partial charge in [-0.1, -0.05) is 82.2 Å². The quantitative estimate of drug-likeness (QED) is 0.268. The van der Waals surface area contributed by atoms with Gasteiger partial charge in [0.15, 0.2) is 0 Å². The summed E-state index contributed by atoms with van der Waals surface area (Å²) in [5.74, 6) is -0.886. The van der Waals surface area contributed by atoms with Gasteiger partial charge < -0.3 is 5.11 Å². The molecule has 0 spiro atoms. The van der Waals surface area contributed by atoms with Gasteiger partial charge in [-0.3, -0.25) is 0 Å². The maximum absolute atomic E-state index is 10.2. The summed E-state index contributed by atoms with van der Waals surface area (Å²) in [6.07, 6.45) is 23.7. The number of hydrogen-bond acceptors (Lipinski definition) is 1. The third-order valence-corrected chi connectivity index (χ3v) is 3.14. The van der Waals surface area contributed by atoms with Crippen molar-refractivity contribution >= 4 is 5.97 Å². The minimum absolute atomic E-state index is 0.675. The molecule has 0 aromatic carbocycles. The van der Waals surface area contributed by atoms with Crippen LogP contribution in [-0.2, 0) is 4.79 Å². The van der Waals surface area contributed by atoms with E-state index in [0.717, 1.165) is 6.42 Å². The van der Waals surface area contributed by atoms with Crippen molar-refractivity contribution in [2.75, 3.05) is 0 Å². The van der Waals surface area contributed by atoms with E-state index in [1.807, 2.05) is 12.2 Å². The molecular weight excluding hydrogens is 248 g/mol. The van der Waals surface area contributed by atoms with E-state index in [4.69, 9.17) is 5.11 Å². The largest absolute Gasteiger partial charge is 0.478 e. The maximum atomic E-state index is 10.2. The second-order valence-corrected chi connectivity index (χ2v) is 5.10. The highest BCUT2D eigenvalue weighted by Gasteiger charge is 1.90.